The highest BCUT2D eigenvalue weighted by Gasteiger charge is 2.56. The Bertz CT molecular complexity index is 485. The number of hydrogen-bond donors (Lipinski definition) is 1. The van der Waals surface area contributed by atoms with Crippen molar-refractivity contribution in [2.45, 2.75) is 26.7 Å². The van der Waals surface area contributed by atoms with Crippen LogP contribution in [0.2, 0.25) is 0 Å². The number of carboxylic acids is 1. The molecule has 2 atom stereocenters. The Hall–Kier alpha value is -1.15. The van der Waals surface area contributed by atoms with E-state index in [0.29, 0.717) is 6.61 Å². The first kappa shape index (κ1) is 17.9. The molecule has 1 fully saturated rings. The molecule has 0 spiro atoms. The van der Waals surface area contributed by atoms with Gasteiger partial charge in [0.25, 0.3) is 0 Å². The molecule has 8 heteroatoms. The fourth-order valence-electron chi connectivity index (χ4n) is 2.66. The van der Waals surface area contributed by atoms with Crippen LogP contribution in [0.15, 0.2) is 0 Å². The van der Waals surface area contributed by atoms with E-state index in [1.807, 2.05) is 0 Å². The minimum absolute atomic E-state index is 0.0436. The zero-order valence-electron chi connectivity index (χ0n) is 12.3. The van der Waals surface area contributed by atoms with Crippen molar-refractivity contribution in [3.05, 3.63) is 0 Å². The van der Waals surface area contributed by atoms with Gasteiger partial charge in [-0.2, -0.15) is 0 Å². The average Bonchev–Trinajstić information content (AvgIpc) is 2.75. The Morgan fingerprint density at radius 2 is 1.95 bits per heavy atom. The lowest BCUT2D eigenvalue weighted by molar-refractivity contribution is -0.174. The lowest BCUT2D eigenvalue weighted by Gasteiger charge is -2.31. The van der Waals surface area contributed by atoms with Gasteiger partial charge in [0.05, 0.1) is 18.1 Å². The first-order valence-corrected chi connectivity index (χ1v) is 8.81. The fourth-order valence-corrected chi connectivity index (χ4v) is 4.54. The van der Waals surface area contributed by atoms with Crippen LogP contribution in [0.5, 0.6) is 0 Å². The molecule has 7 nitrogen and oxygen atoms in total. The van der Waals surface area contributed by atoms with Crippen molar-refractivity contribution in [1.29, 1.82) is 0 Å². The third kappa shape index (κ3) is 3.94. The predicted molar refractivity (Wildman–Crippen MR) is 74.6 cm³/mol. The Morgan fingerprint density at radius 3 is 2.38 bits per heavy atom. The smallest absolute Gasteiger partial charge is 0.323 e. The zero-order valence-corrected chi connectivity index (χ0v) is 13.1. The molecule has 21 heavy (non-hydrogen) atoms. The second kappa shape index (κ2) is 7.22. The summed E-state index contributed by atoms with van der Waals surface area (Å²) in [5, 5.41) is 9.60. The van der Waals surface area contributed by atoms with Crippen molar-refractivity contribution in [2.75, 3.05) is 31.3 Å². The molecule has 0 amide bonds. The number of carboxylic acid groups (broad SMARTS) is 1. The molecule has 0 aliphatic carbocycles. The van der Waals surface area contributed by atoms with Crippen molar-refractivity contribution in [2.24, 2.45) is 11.3 Å². The summed E-state index contributed by atoms with van der Waals surface area (Å²) in [5.74, 6) is -3.40. The molecule has 1 N–H and O–H groups in total. The van der Waals surface area contributed by atoms with Crippen LogP contribution in [0.1, 0.15) is 26.7 Å². The van der Waals surface area contributed by atoms with Gasteiger partial charge in [-0.05, 0) is 26.7 Å². The Morgan fingerprint density at radius 1 is 1.29 bits per heavy atom. The standard InChI is InChI=1S/C13H22O7S/c1-3-19-7-6-13(11(14)15,12(16)20-4-2)10-5-8-21(17,18)9-10/h10H,3-9H2,1-2H3,(H,14,15). The van der Waals surface area contributed by atoms with E-state index < -0.39 is 33.1 Å². The van der Waals surface area contributed by atoms with Gasteiger partial charge in [-0.15, -0.1) is 0 Å². The summed E-state index contributed by atoms with van der Waals surface area (Å²) >= 11 is 0. The maximum absolute atomic E-state index is 12.2. The number of ether oxygens (including phenoxy) is 2. The largest absolute Gasteiger partial charge is 0.480 e. The third-order valence-corrected chi connectivity index (χ3v) is 5.56. The van der Waals surface area contributed by atoms with Gasteiger partial charge in [0.15, 0.2) is 15.3 Å². The number of rotatable bonds is 8. The topological polar surface area (TPSA) is 107 Å². The van der Waals surface area contributed by atoms with Crippen LogP contribution in [0, 0.1) is 11.3 Å². The minimum Gasteiger partial charge on any atom is -0.480 e. The van der Waals surface area contributed by atoms with E-state index in [4.69, 9.17) is 9.47 Å². The molecule has 1 aliphatic heterocycles. The van der Waals surface area contributed by atoms with Gasteiger partial charge in [-0.3, -0.25) is 9.59 Å². The zero-order chi connectivity index (χ0) is 16.1. The van der Waals surface area contributed by atoms with E-state index >= 15 is 0 Å². The van der Waals surface area contributed by atoms with Crippen LogP contribution < -0.4 is 0 Å². The number of sulfone groups is 1. The summed E-state index contributed by atoms with van der Waals surface area (Å²) in [7, 11) is -3.30. The van der Waals surface area contributed by atoms with Gasteiger partial charge in [0.2, 0.25) is 0 Å². The summed E-state index contributed by atoms with van der Waals surface area (Å²) in [6.07, 6.45) is 0.0643. The Kier molecular flexibility index (Phi) is 6.15. The molecule has 0 saturated carbocycles. The number of esters is 1. The van der Waals surface area contributed by atoms with Crippen molar-refractivity contribution in [3.63, 3.8) is 0 Å². The number of hydrogen-bond acceptors (Lipinski definition) is 6. The first-order chi connectivity index (χ1) is 9.80. The summed E-state index contributed by atoms with van der Waals surface area (Å²) < 4.78 is 33.4. The van der Waals surface area contributed by atoms with Crippen LogP contribution >= 0.6 is 0 Å². The van der Waals surface area contributed by atoms with Gasteiger partial charge in [-0.1, -0.05) is 0 Å². The van der Waals surface area contributed by atoms with Gasteiger partial charge in [0, 0.05) is 19.1 Å². The molecular formula is C13H22O7S. The maximum atomic E-state index is 12.2. The Labute approximate surface area is 124 Å². The van der Waals surface area contributed by atoms with Gasteiger partial charge >= 0.3 is 11.9 Å². The van der Waals surface area contributed by atoms with Crippen molar-refractivity contribution in [1.82, 2.24) is 0 Å². The highest BCUT2D eigenvalue weighted by Crippen LogP contribution is 2.40. The van der Waals surface area contributed by atoms with E-state index in [1.54, 1.807) is 13.8 Å². The Balaban J connectivity index is 3.11. The molecule has 2 unspecified atom stereocenters. The average molecular weight is 322 g/mol. The predicted octanol–water partition coefficient (Wildman–Crippen LogP) is 0.482. The van der Waals surface area contributed by atoms with Crippen LogP contribution in [-0.2, 0) is 28.9 Å². The molecule has 122 valence electrons. The second-order valence-electron chi connectivity index (χ2n) is 5.04. The highest BCUT2D eigenvalue weighted by atomic mass is 32.2. The summed E-state index contributed by atoms with van der Waals surface area (Å²) in [6.45, 7) is 3.84. The van der Waals surface area contributed by atoms with E-state index in [1.165, 1.54) is 0 Å². The van der Waals surface area contributed by atoms with Crippen molar-refractivity contribution >= 4 is 21.8 Å². The molecule has 0 bridgehead atoms. The van der Waals surface area contributed by atoms with Crippen LogP contribution in [-0.4, -0.2) is 56.8 Å². The van der Waals surface area contributed by atoms with E-state index in [0.717, 1.165) is 0 Å². The molecule has 1 rings (SSSR count). The van der Waals surface area contributed by atoms with Crippen molar-refractivity contribution in [3.8, 4) is 0 Å². The summed E-state index contributed by atoms with van der Waals surface area (Å²) in [4.78, 5) is 24.0. The van der Waals surface area contributed by atoms with Gasteiger partial charge in [-0.25, -0.2) is 8.42 Å². The SMILES string of the molecule is CCOCCC(C(=O)O)(C(=O)OCC)C1CCS(=O)(=O)C1. The summed E-state index contributed by atoms with van der Waals surface area (Å²) in [6, 6.07) is 0. The molecule has 0 radical (unpaired) electrons. The third-order valence-electron chi connectivity index (χ3n) is 3.80. The van der Waals surface area contributed by atoms with Crippen LogP contribution in [0.4, 0.5) is 0 Å². The monoisotopic (exact) mass is 322 g/mol. The second-order valence-corrected chi connectivity index (χ2v) is 7.27. The molecule has 1 saturated heterocycles. The van der Waals surface area contributed by atoms with Crippen LogP contribution in [0.3, 0.4) is 0 Å². The molecule has 1 heterocycles. The lowest BCUT2D eigenvalue weighted by Crippen LogP contribution is -2.48. The summed E-state index contributed by atoms with van der Waals surface area (Å²) in [5.41, 5.74) is -1.85. The molecule has 0 aromatic carbocycles. The van der Waals surface area contributed by atoms with Gasteiger partial charge < -0.3 is 14.6 Å². The van der Waals surface area contributed by atoms with E-state index in [-0.39, 0.29) is 37.6 Å². The van der Waals surface area contributed by atoms with Crippen LogP contribution in [0.25, 0.3) is 0 Å². The lowest BCUT2D eigenvalue weighted by atomic mass is 9.72. The first-order valence-electron chi connectivity index (χ1n) is 6.99. The van der Waals surface area contributed by atoms with E-state index in [9.17, 15) is 23.1 Å². The minimum atomic E-state index is -3.30. The molecular weight excluding hydrogens is 300 g/mol. The molecule has 0 aromatic rings. The van der Waals surface area contributed by atoms with Crippen molar-refractivity contribution < 1.29 is 32.6 Å². The number of carbonyl (C=O) groups is 2. The molecule has 0 aromatic heterocycles. The fraction of sp³-hybridized carbons (Fsp3) is 0.846. The number of carbonyl (C=O) groups excluding carboxylic acids is 1. The molecule has 1 aliphatic rings. The normalized spacial score (nSPS) is 23.4. The highest BCUT2D eigenvalue weighted by molar-refractivity contribution is 7.91. The maximum Gasteiger partial charge on any atom is 0.323 e. The quantitative estimate of drug-likeness (QED) is 0.393. The number of aliphatic carboxylic acids is 1. The van der Waals surface area contributed by atoms with E-state index in [2.05, 4.69) is 0 Å². The van der Waals surface area contributed by atoms with Gasteiger partial charge in [0.1, 0.15) is 0 Å².